The molecule has 1 unspecified atom stereocenters. The summed E-state index contributed by atoms with van der Waals surface area (Å²) in [4.78, 5) is 1.36. The van der Waals surface area contributed by atoms with Crippen LogP contribution in [-0.4, -0.2) is 6.54 Å². The van der Waals surface area contributed by atoms with Crippen molar-refractivity contribution in [3.63, 3.8) is 0 Å². The molecule has 0 saturated heterocycles. The first-order valence-corrected chi connectivity index (χ1v) is 8.28. The van der Waals surface area contributed by atoms with Crippen molar-refractivity contribution < 1.29 is 8.78 Å². The van der Waals surface area contributed by atoms with Gasteiger partial charge in [-0.3, -0.25) is 0 Å². The van der Waals surface area contributed by atoms with Gasteiger partial charge in [-0.05, 0) is 61.4 Å². The maximum atomic E-state index is 13.4. The summed E-state index contributed by atoms with van der Waals surface area (Å²) in [7, 11) is 0. The molecule has 0 bridgehead atoms. The van der Waals surface area contributed by atoms with Crippen LogP contribution in [0.3, 0.4) is 0 Å². The molecule has 1 aromatic carbocycles. The summed E-state index contributed by atoms with van der Waals surface area (Å²) in [6, 6.07) is 7.97. The Morgan fingerprint density at radius 2 is 1.95 bits per heavy atom. The van der Waals surface area contributed by atoms with E-state index in [0.717, 1.165) is 38.3 Å². The molecular formula is C17H21F2NS. The van der Waals surface area contributed by atoms with Crippen LogP contribution in [0.25, 0.3) is 0 Å². The summed E-state index contributed by atoms with van der Waals surface area (Å²) in [6.45, 7) is 2.93. The second-order valence-electron chi connectivity index (χ2n) is 5.18. The maximum Gasteiger partial charge on any atom is 0.126 e. The third kappa shape index (κ3) is 5.21. The van der Waals surface area contributed by atoms with Crippen LogP contribution in [0, 0.1) is 11.6 Å². The lowest BCUT2D eigenvalue weighted by atomic mass is 10.00. The van der Waals surface area contributed by atoms with E-state index in [-0.39, 0.29) is 6.04 Å². The zero-order valence-electron chi connectivity index (χ0n) is 12.2. The van der Waals surface area contributed by atoms with E-state index in [1.165, 1.54) is 17.0 Å². The van der Waals surface area contributed by atoms with E-state index in [4.69, 9.17) is 0 Å². The van der Waals surface area contributed by atoms with Crippen LogP contribution in [0.15, 0.2) is 35.7 Å². The summed E-state index contributed by atoms with van der Waals surface area (Å²) < 4.78 is 26.8. The molecule has 0 aliphatic rings. The number of hydrogen-bond donors (Lipinski definition) is 1. The van der Waals surface area contributed by atoms with Gasteiger partial charge in [-0.25, -0.2) is 8.78 Å². The molecule has 0 radical (unpaired) electrons. The topological polar surface area (TPSA) is 12.0 Å². The highest BCUT2D eigenvalue weighted by atomic mass is 32.1. The Morgan fingerprint density at radius 3 is 2.57 bits per heavy atom. The Labute approximate surface area is 129 Å². The average Bonchev–Trinajstić information content (AvgIpc) is 2.94. The van der Waals surface area contributed by atoms with Gasteiger partial charge in [0.25, 0.3) is 0 Å². The van der Waals surface area contributed by atoms with Crippen LogP contribution >= 0.6 is 11.3 Å². The molecule has 0 spiro atoms. The van der Waals surface area contributed by atoms with E-state index in [1.54, 1.807) is 11.3 Å². The first-order valence-electron chi connectivity index (χ1n) is 7.40. The second kappa shape index (κ2) is 8.25. The summed E-state index contributed by atoms with van der Waals surface area (Å²) >= 11 is 1.75. The number of nitrogens with one attached hydrogen (secondary N) is 1. The van der Waals surface area contributed by atoms with Gasteiger partial charge in [-0.1, -0.05) is 13.0 Å². The first kappa shape index (κ1) is 16.1. The molecule has 0 aliphatic heterocycles. The molecule has 21 heavy (non-hydrogen) atoms. The number of halogens is 2. The summed E-state index contributed by atoms with van der Waals surface area (Å²) in [5.41, 5.74) is 0.701. The highest BCUT2D eigenvalue weighted by molar-refractivity contribution is 7.09. The molecule has 1 atom stereocenters. The lowest BCUT2D eigenvalue weighted by Gasteiger charge is -2.19. The van der Waals surface area contributed by atoms with Crippen molar-refractivity contribution in [2.75, 3.05) is 6.54 Å². The van der Waals surface area contributed by atoms with E-state index in [1.807, 2.05) is 0 Å². The van der Waals surface area contributed by atoms with Gasteiger partial charge in [0.05, 0.1) is 0 Å². The minimum Gasteiger partial charge on any atom is -0.310 e. The molecular weight excluding hydrogens is 288 g/mol. The van der Waals surface area contributed by atoms with E-state index in [2.05, 4.69) is 29.8 Å². The second-order valence-corrected chi connectivity index (χ2v) is 6.21. The van der Waals surface area contributed by atoms with Crippen molar-refractivity contribution in [1.29, 1.82) is 0 Å². The third-order valence-electron chi connectivity index (χ3n) is 3.42. The van der Waals surface area contributed by atoms with Crippen molar-refractivity contribution >= 4 is 11.3 Å². The zero-order valence-corrected chi connectivity index (χ0v) is 13.1. The van der Waals surface area contributed by atoms with Crippen LogP contribution in [-0.2, 0) is 6.42 Å². The monoisotopic (exact) mass is 309 g/mol. The highest BCUT2D eigenvalue weighted by Gasteiger charge is 2.13. The summed E-state index contributed by atoms with van der Waals surface area (Å²) in [5.74, 6) is -1.02. The van der Waals surface area contributed by atoms with Crippen molar-refractivity contribution in [3.8, 4) is 0 Å². The van der Waals surface area contributed by atoms with Gasteiger partial charge in [0.1, 0.15) is 11.6 Å². The minimum atomic E-state index is -0.508. The van der Waals surface area contributed by atoms with Crippen LogP contribution in [0.4, 0.5) is 8.78 Å². The molecule has 2 rings (SSSR count). The lowest BCUT2D eigenvalue weighted by molar-refractivity contribution is 0.477. The van der Waals surface area contributed by atoms with Crippen molar-refractivity contribution in [3.05, 3.63) is 57.8 Å². The largest absolute Gasteiger partial charge is 0.310 e. The fourth-order valence-electron chi connectivity index (χ4n) is 2.42. The lowest BCUT2D eigenvalue weighted by Crippen LogP contribution is -2.22. The van der Waals surface area contributed by atoms with Gasteiger partial charge >= 0.3 is 0 Å². The maximum absolute atomic E-state index is 13.4. The molecule has 0 fully saturated rings. The van der Waals surface area contributed by atoms with Gasteiger partial charge in [0.15, 0.2) is 0 Å². The normalized spacial score (nSPS) is 12.5. The molecule has 1 heterocycles. The fraction of sp³-hybridized carbons (Fsp3) is 0.412. The molecule has 1 nitrogen and oxygen atoms in total. The van der Waals surface area contributed by atoms with Crippen molar-refractivity contribution in [2.24, 2.45) is 0 Å². The van der Waals surface area contributed by atoms with E-state index in [9.17, 15) is 8.78 Å². The Balaban J connectivity index is 1.99. The third-order valence-corrected chi connectivity index (χ3v) is 4.36. The van der Waals surface area contributed by atoms with Gasteiger partial charge < -0.3 is 5.32 Å². The standard InChI is InChI=1S/C17H21F2NS/c1-2-8-20-17(7-3-5-16-6-4-9-21-16)13-10-14(18)12-15(19)11-13/h4,6,9-12,17,20H,2-3,5,7-8H2,1H3. The predicted molar refractivity (Wildman–Crippen MR) is 84.6 cm³/mol. The molecule has 0 saturated carbocycles. The van der Waals surface area contributed by atoms with Crippen LogP contribution in [0.1, 0.15) is 42.7 Å². The van der Waals surface area contributed by atoms with E-state index < -0.39 is 11.6 Å². The highest BCUT2D eigenvalue weighted by Crippen LogP contribution is 2.23. The summed E-state index contributed by atoms with van der Waals surface area (Å²) in [6.07, 6.45) is 3.89. The fourth-order valence-corrected chi connectivity index (χ4v) is 3.17. The minimum absolute atomic E-state index is 0.00936. The van der Waals surface area contributed by atoms with Crippen molar-refractivity contribution in [1.82, 2.24) is 5.32 Å². The Hall–Kier alpha value is -1.26. The molecule has 4 heteroatoms. The molecule has 0 amide bonds. The predicted octanol–water partition coefficient (Wildman–Crippen LogP) is 5.09. The Morgan fingerprint density at radius 1 is 1.19 bits per heavy atom. The Bertz CT molecular complexity index is 519. The zero-order chi connectivity index (χ0) is 15.1. The van der Waals surface area contributed by atoms with Gasteiger partial charge in [-0.15, -0.1) is 11.3 Å². The number of thiophene rings is 1. The van der Waals surface area contributed by atoms with Gasteiger partial charge in [0.2, 0.25) is 0 Å². The smallest absolute Gasteiger partial charge is 0.126 e. The Kier molecular flexibility index (Phi) is 6.33. The number of hydrogen-bond acceptors (Lipinski definition) is 2. The molecule has 1 aromatic heterocycles. The number of benzene rings is 1. The first-order chi connectivity index (χ1) is 10.2. The van der Waals surface area contributed by atoms with Crippen LogP contribution in [0.5, 0.6) is 0 Å². The average molecular weight is 309 g/mol. The van der Waals surface area contributed by atoms with E-state index in [0.29, 0.717) is 5.56 Å². The van der Waals surface area contributed by atoms with Crippen molar-refractivity contribution in [2.45, 2.75) is 38.6 Å². The summed E-state index contributed by atoms with van der Waals surface area (Å²) in [5, 5.41) is 5.46. The quantitative estimate of drug-likeness (QED) is 0.716. The number of rotatable bonds is 8. The molecule has 0 aliphatic carbocycles. The van der Waals surface area contributed by atoms with E-state index >= 15 is 0 Å². The van der Waals surface area contributed by atoms with Crippen LogP contribution in [0.2, 0.25) is 0 Å². The SMILES string of the molecule is CCCNC(CCCc1cccs1)c1cc(F)cc(F)c1. The molecule has 1 N–H and O–H groups in total. The molecule has 2 aromatic rings. The molecule has 114 valence electrons. The number of aryl methyl sites for hydroxylation is 1. The van der Waals surface area contributed by atoms with Crippen LogP contribution < -0.4 is 5.32 Å². The van der Waals surface area contributed by atoms with Gasteiger partial charge in [-0.2, -0.15) is 0 Å². The van der Waals surface area contributed by atoms with Gasteiger partial charge in [0, 0.05) is 17.0 Å².